The van der Waals surface area contributed by atoms with Crippen molar-refractivity contribution in [2.24, 2.45) is 12.8 Å². The normalized spacial score (nSPS) is 10.8. The Bertz CT molecular complexity index is 562. The molecule has 2 rings (SSSR count). The number of carbonyl (C=O) groups is 1. The molecular weight excluding hydrogens is 238 g/mol. The van der Waals surface area contributed by atoms with Gasteiger partial charge in [0.05, 0.1) is 0 Å². The molecule has 3 N–H and O–H groups in total. The van der Waals surface area contributed by atoms with Gasteiger partial charge in [-0.3, -0.25) is 4.79 Å². The van der Waals surface area contributed by atoms with Crippen LogP contribution in [0.5, 0.6) is 0 Å². The first kappa shape index (κ1) is 12.0. The van der Waals surface area contributed by atoms with Gasteiger partial charge < -0.3 is 15.6 Å². The molecular formula is C12H14ClN3O. The molecule has 0 unspecified atom stereocenters. The van der Waals surface area contributed by atoms with Gasteiger partial charge in [0.2, 0.25) is 0 Å². The molecule has 0 atom stereocenters. The maximum Gasteiger partial charge on any atom is 0.267 e. The molecule has 4 nitrogen and oxygen atoms in total. The highest BCUT2D eigenvalue weighted by Gasteiger charge is 2.13. The van der Waals surface area contributed by atoms with E-state index in [4.69, 9.17) is 17.3 Å². The summed E-state index contributed by atoms with van der Waals surface area (Å²) in [5.74, 6) is -0.134. The SMILES string of the molecule is Cn1c(C(=O)NCCN)cc2c(Cl)cccc21. The maximum atomic E-state index is 11.9. The Morgan fingerprint density at radius 1 is 1.53 bits per heavy atom. The van der Waals surface area contributed by atoms with Gasteiger partial charge in [-0.2, -0.15) is 0 Å². The molecule has 1 amide bonds. The monoisotopic (exact) mass is 251 g/mol. The third-order valence-electron chi connectivity index (χ3n) is 2.70. The van der Waals surface area contributed by atoms with E-state index < -0.39 is 0 Å². The number of halogens is 1. The lowest BCUT2D eigenvalue weighted by Crippen LogP contribution is -2.30. The second-order valence-corrected chi connectivity index (χ2v) is 4.21. The summed E-state index contributed by atoms with van der Waals surface area (Å²) in [6, 6.07) is 7.40. The number of amides is 1. The zero-order valence-electron chi connectivity index (χ0n) is 9.53. The van der Waals surface area contributed by atoms with Crippen LogP contribution < -0.4 is 11.1 Å². The Labute approximate surface area is 104 Å². The molecule has 0 fully saturated rings. The molecule has 0 aliphatic carbocycles. The first-order chi connectivity index (χ1) is 8.15. The topological polar surface area (TPSA) is 60.0 Å². The van der Waals surface area contributed by atoms with E-state index in [9.17, 15) is 4.79 Å². The molecule has 90 valence electrons. The summed E-state index contributed by atoms with van der Waals surface area (Å²) in [4.78, 5) is 11.9. The second kappa shape index (κ2) is 4.77. The number of hydrogen-bond donors (Lipinski definition) is 2. The van der Waals surface area contributed by atoms with Crippen LogP contribution in [0.2, 0.25) is 5.02 Å². The Morgan fingerprint density at radius 3 is 2.94 bits per heavy atom. The Kier molecular flexibility index (Phi) is 3.36. The van der Waals surface area contributed by atoms with Gasteiger partial charge in [-0.15, -0.1) is 0 Å². The summed E-state index contributed by atoms with van der Waals surface area (Å²) in [6.45, 7) is 0.893. The minimum Gasteiger partial charge on any atom is -0.349 e. The van der Waals surface area contributed by atoms with Crippen LogP contribution in [0.3, 0.4) is 0 Å². The number of benzene rings is 1. The minimum absolute atomic E-state index is 0.134. The quantitative estimate of drug-likeness (QED) is 0.869. The smallest absolute Gasteiger partial charge is 0.267 e. The van der Waals surface area contributed by atoms with E-state index in [1.165, 1.54) is 0 Å². The first-order valence-corrected chi connectivity index (χ1v) is 5.75. The number of nitrogens with one attached hydrogen (secondary N) is 1. The fraction of sp³-hybridized carbons (Fsp3) is 0.250. The molecule has 0 aliphatic heterocycles. The third-order valence-corrected chi connectivity index (χ3v) is 3.03. The van der Waals surface area contributed by atoms with Crippen LogP contribution in [-0.2, 0) is 7.05 Å². The minimum atomic E-state index is -0.134. The van der Waals surface area contributed by atoms with Gasteiger partial charge >= 0.3 is 0 Å². The van der Waals surface area contributed by atoms with Gasteiger partial charge in [-0.1, -0.05) is 17.7 Å². The molecule has 0 aliphatic rings. The number of carbonyl (C=O) groups excluding carboxylic acids is 1. The van der Waals surface area contributed by atoms with Crippen molar-refractivity contribution < 1.29 is 4.79 Å². The van der Waals surface area contributed by atoms with Crippen molar-refractivity contribution in [1.82, 2.24) is 9.88 Å². The summed E-state index contributed by atoms with van der Waals surface area (Å²) in [6.07, 6.45) is 0. The average molecular weight is 252 g/mol. The fourth-order valence-corrected chi connectivity index (χ4v) is 2.04. The lowest BCUT2D eigenvalue weighted by molar-refractivity contribution is 0.0947. The van der Waals surface area contributed by atoms with Crippen LogP contribution in [0.25, 0.3) is 10.9 Å². The molecule has 17 heavy (non-hydrogen) atoms. The number of hydrogen-bond acceptors (Lipinski definition) is 2. The molecule has 0 saturated heterocycles. The predicted molar refractivity (Wildman–Crippen MR) is 69.3 cm³/mol. The van der Waals surface area contributed by atoms with Crippen LogP contribution in [0.15, 0.2) is 24.3 Å². The highest BCUT2D eigenvalue weighted by Crippen LogP contribution is 2.25. The van der Waals surface area contributed by atoms with Gasteiger partial charge in [0, 0.05) is 36.1 Å². The molecule has 2 aromatic rings. The molecule has 5 heteroatoms. The van der Waals surface area contributed by atoms with Crippen molar-refractivity contribution in [3.63, 3.8) is 0 Å². The zero-order valence-corrected chi connectivity index (χ0v) is 10.3. The standard InChI is InChI=1S/C12H14ClN3O/c1-16-10-4-2-3-9(13)8(10)7-11(16)12(17)15-6-5-14/h2-4,7H,5-6,14H2,1H3,(H,15,17). The van der Waals surface area contributed by atoms with E-state index in [1.54, 1.807) is 6.07 Å². The van der Waals surface area contributed by atoms with Gasteiger partial charge in [-0.25, -0.2) is 0 Å². The molecule has 0 bridgehead atoms. The Hall–Kier alpha value is -1.52. The average Bonchev–Trinajstić information content (AvgIpc) is 2.66. The molecule has 0 saturated carbocycles. The van der Waals surface area contributed by atoms with Gasteiger partial charge in [0.25, 0.3) is 5.91 Å². The molecule has 0 spiro atoms. The lowest BCUT2D eigenvalue weighted by Gasteiger charge is -2.04. The highest BCUT2D eigenvalue weighted by molar-refractivity contribution is 6.35. The molecule has 1 aromatic carbocycles. The van der Waals surface area contributed by atoms with Crippen LogP contribution in [-0.4, -0.2) is 23.6 Å². The number of aryl methyl sites for hydroxylation is 1. The number of nitrogens with two attached hydrogens (primary N) is 1. The first-order valence-electron chi connectivity index (χ1n) is 5.37. The van der Waals surface area contributed by atoms with E-state index in [0.29, 0.717) is 23.8 Å². The summed E-state index contributed by atoms with van der Waals surface area (Å²) in [5.41, 5.74) is 6.87. The van der Waals surface area contributed by atoms with E-state index in [2.05, 4.69) is 5.32 Å². The van der Waals surface area contributed by atoms with Crippen molar-refractivity contribution in [3.05, 3.63) is 35.0 Å². The highest BCUT2D eigenvalue weighted by atomic mass is 35.5. The van der Waals surface area contributed by atoms with Crippen molar-refractivity contribution in [2.45, 2.75) is 0 Å². The summed E-state index contributed by atoms with van der Waals surface area (Å²) < 4.78 is 1.83. The maximum absolute atomic E-state index is 11.9. The number of fused-ring (bicyclic) bond motifs is 1. The van der Waals surface area contributed by atoms with Crippen molar-refractivity contribution in [3.8, 4) is 0 Å². The largest absolute Gasteiger partial charge is 0.349 e. The Morgan fingerprint density at radius 2 is 2.29 bits per heavy atom. The van der Waals surface area contributed by atoms with Crippen molar-refractivity contribution in [2.75, 3.05) is 13.1 Å². The van der Waals surface area contributed by atoms with E-state index in [0.717, 1.165) is 10.9 Å². The number of nitrogens with zero attached hydrogens (tertiary/aromatic N) is 1. The predicted octanol–water partition coefficient (Wildman–Crippen LogP) is 1.52. The third kappa shape index (κ3) is 2.14. The van der Waals surface area contributed by atoms with E-state index in [1.807, 2.05) is 29.8 Å². The van der Waals surface area contributed by atoms with Crippen LogP contribution >= 0.6 is 11.6 Å². The Balaban J connectivity index is 2.45. The zero-order chi connectivity index (χ0) is 12.4. The van der Waals surface area contributed by atoms with Crippen LogP contribution in [0, 0.1) is 0 Å². The lowest BCUT2D eigenvalue weighted by atomic mass is 10.2. The summed E-state index contributed by atoms with van der Waals surface area (Å²) in [7, 11) is 1.84. The fourth-order valence-electron chi connectivity index (χ4n) is 1.82. The number of rotatable bonds is 3. The van der Waals surface area contributed by atoms with Crippen LogP contribution in [0.4, 0.5) is 0 Å². The van der Waals surface area contributed by atoms with Crippen molar-refractivity contribution >= 4 is 28.4 Å². The molecule has 1 aromatic heterocycles. The van der Waals surface area contributed by atoms with Gasteiger partial charge in [-0.05, 0) is 18.2 Å². The molecule has 1 heterocycles. The van der Waals surface area contributed by atoms with E-state index in [-0.39, 0.29) is 5.91 Å². The summed E-state index contributed by atoms with van der Waals surface area (Å²) in [5, 5.41) is 4.27. The van der Waals surface area contributed by atoms with Gasteiger partial charge in [0.15, 0.2) is 0 Å². The van der Waals surface area contributed by atoms with Gasteiger partial charge in [0.1, 0.15) is 5.69 Å². The summed E-state index contributed by atoms with van der Waals surface area (Å²) >= 11 is 6.09. The number of aromatic nitrogens is 1. The van der Waals surface area contributed by atoms with Crippen LogP contribution in [0.1, 0.15) is 10.5 Å². The molecule has 0 radical (unpaired) electrons. The van der Waals surface area contributed by atoms with E-state index >= 15 is 0 Å². The van der Waals surface area contributed by atoms with Crippen molar-refractivity contribution in [1.29, 1.82) is 0 Å². The second-order valence-electron chi connectivity index (χ2n) is 3.81.